The van der Waals surface area contributed by atoms with Gasteiger partial charge in [-0.2, -0.15) is 5.26 Å². The molecule has 1 aliphatic heterocycles. The molecule has 2 amide bonds. The molecule has 2 aromatic rings. The Hall–Kier alpha value is -2.76. The topological polar surface area (TPSA) is 88.4 Å². The number of benzene rings is 2. The largest absolute Gasteiger partial charge is 0.493 e. The van der Waals surface area contributed by atoms with E-state index in [9.17, 15) is 9.59 Å². The predicted molar refractivity (Wildman–Crippen MR) is 164 cm³/mol. The quantitative estimate of drug-likeness (QED) is 0.200. The van der Waals surface area contributed by atoms with Crippen LogP contribution in [0.5, 0.6) is 11.5 Å². The number of hydrogen-bond acceptors (Lipinski definition) is 6. The molecule has 1 aliphatic carbocycles. The number of unbranched alkanes of at least 4 members (excludes halogenated alkanes) is 4. The van der Waals surface area contributed by atoms with E-state index in [1.54, 1.807) is 6.08 Å². The van der Waals surface area contributed by atoms with Crippen molar-refractivity contribution in [2.45, 2.75) is 79.1 Å². The molecule has 2 aromatic carbocycles. The highest BCUT2D eigenvalue weighted by Crippen LogP contribution is 2.43. The van der Waals surface area contributed by atoms with E-state index in [0.29, 0.717) is 24.5 Å². The SMILES string of the molecule is Cc1c(C)c(OCCCCCCC#N)c(C)c2c1CC(C)(COc1ccc(C=C3SC(=O)NC3=O)cc1Br)CC2. The summed E-state index contributed by atoms with van der Waals surface area (Å²) in [4.78, 5) is 23.7. The molecular formula is C32H37BrN2O4S. The van der Waals surface area contributed by atoms with Crippen molar-refractivity contribution in [1.82, 2.24) is 5.32 Å². The van der Waals surface area contributed by atoms with Crippen molar-refractivity contribution >= 4 is 44.9 Å². The van der Waals surface area contributed by atoms with Crippen LogP contribution in [-0.4, -0.2) is 24.4 Å². The zero-order valence-corrected chi connectivity index (χ0v) is 26.1. The van der Waals surface area contributed by atoms with Gasteiger partial charge < -0.3 is 9.47 Å². The number of nitriles is 1. The molecule has 0 spiro atoms. The Kier molecular flexibility index (Phi) is 10.0. The van der Waals surface area contributed by atoms with Crippen LogP contribution in [0.15, 0.2) is 27.6 Å². The monoisotopic (exact) mass is 624 g/mol. The maximum Gasteiger partial charge on any atom is 0.290 e. The molecule has 1 unspecified atom stereocenters. The second kappa shape index (κ2) is 13.3. The van der Waals surface area contributed by atoms with Crippen molar-refractivity contribution < 1.29 is 19.1 Å². The Morgan fingerprint density at radius 3 is 2.55 bits per heavy atom. The van der Waals surface area contributed by atoms with Crippen molar-refractivity contribution in [3.8, 4) is 17.6 Å². The predicted octanol–water partition coefficient (Wildman–Crippen LogP) is 8.13. The lowest BCUT2D eigenvalue weighted by atomic mass is 9.70. The van der Waals surface area contributed by atoms with Crippen molar-refractivity contribution in [3.05, 3.63) is 61.0 Å². The zero-order chi connectivity index (χ0) is 28.9. The van der Waals surface area contributed by atoms with Crippen LogP contribution in [0.2, 0.25) is 0 Å². The third-order valence-corrected chi connectivity index (χ3v) is 9.43. The molecule has 40 heavy (non-hydrogen) atoms. The number of carbonyl (C=O) groups excluding carboxylic acids is 2. The number of amides is 2. The first-order chi connectivity index (χ1) is 19.1. The molecule has 0 aromatic heterocycles. The van der Waals surface area contributed by atoms with Crippen LogP contribution in [0.3, 0.4) is 0 Å². The lowest BCUT2D eigenvalue weighted by Gasteiger charge is -2.37. The van der Waals surface area contributed by atoms with E-state index in [0.717, 1.165) is 78.2 Å². The van der Waals surface area contributed by atoms with Gasteiger partial charge in [-0.15, -0.1) is 0 Å². The smallest absolute Gasteiger partial charge is 0.290 e. The molecule has 212 valence electrons. The van der Waals surface area contributed by atoms with Gasteiger partial charge in [0.2, 0.25) is 0 Å². The minimum absolute atomic E-state index is 0.00145. The first-order valence-electron chi connectivity index (χ1n) is 13.9. The van der Waals surface area contributed by atoms with Crippen LogP contribution in [0.4, 0.5) is 4.79 Å². The fourth-order valence-corrected chi connectivity index (χ4v) is 6.70. The van der Waals surface area contributed by atoms with Gasteiger partial charge in [0, 0.05) is 11.8 Å². The Bertz CT molecular complexity index is 1380. The van der Waals surface area contributed by atoms with E-state index >= 15 is 0 Å². The van der Waals surface area contributed by atoms with Crippen LogP contribution in [0, 0.1) is 37.5 Å². The van der Waals surface area contributed by atoms with Gasteiger partial charge in [-0.1, -0.05) is 25.8 Å². The standard InChI is InChI=1S/C32H37BrN2O4S/c1-20-21(2)29(38-15-9-7-5-6-8-14-34)22(3)24-12-13-32(4,18-25(20)24)19-39-27-11-10-23(16-26(27)33)17-28-30(36)35-31(37)40-28/h10-11,16-17H,5-9,12-13,15,18-19H2,1-4H3,(H,35,36,37). The van der Waals surface area contributed by atoms with Gasteiger partial charge in [0.05, 0.1) is 28.7 Å². The van der Waals surface area contributed by atoms with E-state index in [-0.39, 0.29) is 16.6 Å². The Morgan fingerprint density at radius 2 is 1.85 bits per heavy atom. The summed E-state index contributed by atoms with van der Waals surface area (Å²) in [5.41, 5.74) is 7.50. The van der Waals surface area contributed by atoms with Crippen LogP contribution < -0.4 is 14.8 Å². The highest BCUT2D eigenvalue weighted by molar-refractivity contribution is 9.10. The van der Waals surface area contributed by atoms with Crippen LogP contribution in [0.25, 0.3) is 6.08 Å². The summed E-state index contributed by atoms with van der Waals surface area (Å²) in [5, 5.41) is 10.6. The lowest BCUT2D eigenvalue weighted by molar-refractivity contribution is -0.115. The molecule has 1 N–H and O–H groups in total. The molecular weight excluding hydrogens is 588 g/mol. The molecule has 2 aliphatic rings. The molecule has 1 saturated heterocycles. The van der Waals surface area contributed by atoms with Gasteiger partial charge in [-0.05, 0) is 132 Å². The number of fused-ring (bicyclic) bond motifs is 1. The number of hydrogen-bond donors (Lipinski definition) is 1. The molecule has 8 heteroatoms. The molecule has 6 nitrogen and oxygen atoms in total. The van der Waals surface area contributed by atoms with Gasteiger partial charge in [-0.25, -0.2) is 0 Å². The average molecular weight is 626 g/mol. The Balaban J connectivity index is 1.39. The molecule has 1 atom stereocenters. The molecule has 4 rings (SSSR count). The van der Waals surface area contributed by atoms with Gasteiger partial charge >= 0.3 is 0 Å². The summed E-state index contributed by atoms with van der Waals surface area (Å²) in [7, 11) is 0. The first kappa shape index (κ1) is 30.2. The summed E-state index contributed by atoms with van der Waals surface area (Å²) in [6.07, 6.45) is 9.49. The van der Waals surface area contributed by atoms with Gasteiger partial charge in [0.25, 0.3) is 11.1 Å². The normalized spacial score (nSPS) is 19.4. The van der Waals surface area contributed by atoms with E-state index in [4.69, 9.17) is 14.7 Å². The lowest BCUT2D eigenvalue weighted by Crippen LogP contribution is -2.33. The molecule has 0 bridgehead atoms. The fraction of sp³-hybridized carbons (Fsp3) is 0.469. The summed E-state index contributed by atoms with van der Waals surface area (Å²) in [5.74, 6) is 1.44. The van der Waals surface area contributed by atoms with E-state index in [1.807, 2.05) is 18.2 Å². The Labute approximate surface area is 250 Å². The van der Waals surface area contributed by atoms with Crippen LogP contribution in [0.1, 0.15) is 78.8 Å². The first-order valence-corrected chi connectivity index (χ1v) is 15.5. The summed E-state index contributed by atoms with van der Waals surface area (Å²) in [6.45, 7) is 10.2. The molecule has 0 radical (unpaired) electrons. The average Bonchev–Trinajstić information content (AvgIpc) is 3.24. The number of ether oxygens (including phenoxy) is 2. The molecule has 1 heterocycles. The van der Waals surface area contributed by atoms with E-state index in [1.165, 1.54) is 27.8 Å². The minimum atomic E-state index is -0.361. The third kappa shape index (κ3) is 7.11. The fourth-order valence-electron chi connectivity index (χ4n) is 5.51. The van der Waals surface area contributed by atoms with E-state index in [2.05, 4.69) is 55.0 Å². The maximum absolute atomic E-state index is 11.9. The molecule has 1 fully saturated rings. The highest BCUT2D eigenvalue weighted by atomic mass is 79.9. The number of imide groups is 1. The maximum atomic E-state index is 11.9. The second-order valence-corrected chi connectivity index (χ2v) is 13.0. The third-order valence-electron chi connectivity index (χ3n) is 8.00. The van der Waals surface area contributed by atoms with Crippen molar-refractivity contribution in [2.75, 3.05) is 13.2 Å². The van der Waals surface area contributed by atoms with Crippen LogP contribution in [-0.2, 0) is 17.6 Å². The number of thioether (sulfide) groups is 1. The highest BCUT2D eigenvalue weighted by Gasteiger charge is 2.34. The molecule has 0 saturated carbocycles. The van der Waals surface area contributed by atoms with Gasteiger partial charge in [-0.3, -0.25) is 14.9 Å². The summed E-state index contributed by atoms with van der Waals surface area (Å²) >= 11 is 4.53. The number of rotatable bonds is 11. The van der Waals surface area contributed by atoms with E-state index < -0.39 is 0 Å². The zero-order valence-electron chi connectivity index (χ0n) is 23.7. The number of nitrogens with zero attached hydrogens (tertiary/aromatic N) is 1. The van der Waals surface area contributed by atoms with Crippen molar-refractivity contribution in [1.29, 1.82) is 5.26 Å². The minimum Gasteiger partial charge on any atom is -0.493 e. The Morgan fingerprint density at radius 1 is 1.07 bits per heavy atom. The van der Waals surface area contributed by atoms with Crippen molar-refractivity contribution in [3.63, 3.8) is 0 Å². The number of carbonyl (C=O) groups is 2. The van der Waals surface area contributed by atoms with Crippen LogP contribution >= 0.6 is 27.7 Å². The second-order valence-electron chi connectivity index (χ2n) is 11.2. The van der Waals surface area contributed by atoms with Gasteiger partial charge in [0.1, 0.15) is 11.5 Å². The summed E-state index contributed by atoms with van der Waals surface area (Å²) in [6, 6.07) is 7.92. The van der Waals surface area contributed by atoms with Crippen molar-refractivity contribution in [2.24, 2.45) is 5.41 Å². The number of nitrogens with one attached hydrogen (secondary N) is 1. The summed E-state index contributed by atoms with van der Waals surface area (Å²) < 4.78 is 13.5. The number of halogens is 1. The van der Waals surface area contributed by atoms with Gasteiger partial charge in [0.15, 0.2) is 0 Å².